The van der Waals surface area contributed by atoms with Crippen LogP contribution >= 0.6 is 0 Å². The molecule has 1 amide bonds. The zero-order chi connectivity index (χ0) is 25.2. The van der Waals surface area contributed by atoms with Crippen LogP contribution in [0.15, 0.2) is 61.1 Å². The molecule has 1 aliphatic rings. The molecule has 5 rings (SSSR count). The molecule has 1 N–H and O–H groups in total. The molecule has 0 bridgehead atoms. The number of hydrogen-bond donors (Lipinski definition) is 1. The average Bonchev–Trinajstić information content (AvgIpc) is 3.30. The van der Waals surface area contributed by atoms with Gasteiger partial charge in [0.15, 0.2) is 11.5 Å². The van der Waals surface area contributed by atoms with Gasteiger partial charge in [0.1, 0.15) is 11.6 Å². The maximum absolute atomic E-state index is 14.5. The molecule has 0 aliphatic carbocycles. The zero-order valence-corrected chi connectivity index (χ0v) is 19.4. The Hall–Kier alpha value is -4.47. The van der Waals surface area contributed by atoms with Crippen LogP contribution in [0.25, 0.3) is 16.8 Å². The number of benzene rings is 2. The van der Waals surface area contributed by atoms with Gasteiger partial charge in [-0.1, -0.05) is 6.07 Å². The first-order valence-corrected chi connectivity index (χ1v) is 11.4. The lowest BCUT2D eigenvalue weighted by molar-refractivity contribution is -0.156. The third-order valence-electron chi connectivity index (χ3n) is 6.23. The number of likely N-dealkylation sites (tertiary alicyclic amines) is 1. The summed E-state index contributed by atoms with van der Waals surface area (Å²) in [6.45, 7) is 0.694. The summed E-state index contributed by atoms with van der Waals surface area (Å²) in [6.07, 6.45) is 6.65. The highest BCUT2D eigenvalue weighted by Gasteiger charge is 2.31. The highest BCUT2D eigenvalue weighted by Crippen LogP contribution is 2.34. The highest BCUT2D eigenvalue weighted by molar-refractivity contribution is 6.31. The number of imidazole rings is 1. The molecule has 0 spiro atoms. The number of piperidine rings is 1. The van der Waals surface area contributed by atoms with E-state index in [1.54, 1.807) is 30.6 Å². The van der Waals surface area contributed by atoms with Crippen LogP contribution in [-0.4, -0.2) is 56.5 Å². The third kappa shape index (κ3) is 4.33. The summed E-state index contributed by atoms with van der Waals surface area (Å²) in [5.41, 5.74) is 2.28. The SMILES string of the molecule is COc1cccc(Oc2ccc(-c3nc(C4CCCN(C(=O)C(=O)O)C4)n4ccncc34)cc2)c1F. The van der Waals surface area contributed by atoms with Gasteiger partial charge >= 0.3 is 11.9 Å². The van der Waals surface area contributed by atoms with Gasteiger partial charge in [-0.25, -0.2) is 9.78 Å². The Morgan fingerprint density at radius 3 is 2.67 bits per heavy atom. The first kappa shape index (κ1) is 23.3. The van der Waals surface area contributed by atoms with Crippen LogP contribution < -0.4 is 9.47 Å². The Kier molecular flexibility index (Phi) is 6.24. The Morgan fingerprint density at radius 2 is 1.92 bits per heavy atom. The van der Waals surface area contributed by atoms with Crippen LogP contribution in [0.3, 0.4) is 0 Å². The number of carboxylic acids is 1. The van der Waals surface area contributed by atoms with E-state index < -0.39 is 17.7 Å². The van der Waals surface area contributed by atoms with Crippen LogP contribution in [-0.2, 0) is 9.59 Å². The summed E-state index contributed by atoms with van der Waals surface area (Å²) < 4.78 is 27.1. The maximum atomic E-state index is 14.5. The number of halogens is 1. The molecule has 2 aromatic carbocycles. The molecule has 1 unspecified atom stereocenters. The Bertz CT molecular complexity index is 1440. The first-order chi connectivity index (χ1) is 17.5. The molecular weight excluding hydrogens is 467 g/mol. The van der Waals surface area contributed by atoms with Gasteiger partial charge in [-0.15, -0.1) is 0 Å². The van der Waals surface area contributed by atoms with Crippen molar-refractivity contribution in [3.05, 3.63) is 72.7 Å². The fraction of sp³-hybridized carbons (Fsp3) is 0.231. The van der Waals surface area contributed by atoms with Crippen LogP contribution in [0.4, 0.5) is 4.39 Å². The number of aromatic nitrogens is 3. The summed E-state index contributed by atoms with van der Waals surface area (Å²) in [5.74, 6) is -1.71. The van der Waals surface area contributed by atoms with Crippen molar-refractivity contribution >= 4 is 17.4 Å². The fourth-order valence-corrected chi connectivity index (χ4v) is 4.50. The standard InChI is InChI=1S/C26H23FN4O5/c1-35-20-5-2-6-21(22(20)27)36-18-9-7-16(8-10-18)23-19-14-28-11-13-31(19)24(29-23)17-4-3-12-30(15-17)25(32)26(33)34/h2,5-11,13-14,17H,3-4,12,15H2,1H3,(H,33,34). The quantitative estimate of drug-likeness (QED) is 0.419. The van der Waals surface area contributed by atoms with Gasteiger partial charge in [-0.05, 0) is 49.2 Å². The van der Waals surface area contributed by atoms with E-state index in [4.69, 9.17) is 19.6 Å². The lowest BCUT2D eigenvalue weighted by atomic mass is 9.97. The average molecular weight is 490 g/mol. The van der Waals surface area contributed by atoms with Crippen molar-refractivity contribution in [3.63, 3.8) is 0 Å². The number of nitrogens with zero attached hydrogens (tertiary/aromatic N) is 4. The van der Waals surface area contributed by atoms with Crippen molar-refractivity contribution in [2.75, 3.05) is 20.2 Å². The van der Waals surface area contributed by atoms with E-state index in [1.807, 2.05) is 22.7 Å². The maximum Gasteiger partial charge on any atom is 0.394 e. The first-order valence-electron chi connectivity index (χ1n) is 11.4. The van der Waals surface area contributed by atoms with Crippen molar-refractivity contribution in [3.8, 4) is 28.5 Å². The fourth-order valence-electron chi connectivity index (χ4n) is 4.50. The van der Waals surface area contributed by atoms with Crippen molar-refractivity contribution < 1.29 is 28.6 Å². The second-order valence-corrected chi connectivity index (χ2v) is 8.44. The predicted octanol–water partition coefficient (Wildman–Crippen LogP) is 4.13. The van der Waals surface area contributed by atoms with Gasteiger partial charge in [0.25, 0.3) is 0 Å². The molecular formula is C26H23FN4O5. The molecule has 4 aromatic rings. The number of amides is 1. The molecule has 1 atom stereocenters. The molecule has 1 saturated heterocycles. The van der Waals surface area contributed by atoms with Crippen molar-refractivity contribution in [2.24, 2.45) is 0 Å². The summed E-state index contributed by atoms with van der Waals surface area (Å²) in [5, 5.41) is 9.11. The molecule has 36 heavy (non-hydrogen) atoms. The van der Waals surface area contributed by atoms with Crippen molar-refractivity contribution in [2.45, 2.75) is 18.8 Å². The van der Waals surface area contributed by atoms with Gasteiger partial charge < -0.3 is 19.5 Å². The highest BCUT2D eigenvalue weighted by atomic mass is 19.1. The molecule has 1 fully saturated rings. The number of methoxy groups -OCH3 is 1. The van der Waals surface area contributed by atoms with Gasteiger partial charge in [0, 0.05) is 37.0 Å². The predicted molar refractivity (Wildman–Crippen MR) is 128 cm³/mol. The number of fused-ring (bicyclic) bond motifs is 1. The van der Waals surface area contributed by atoms with E-state index in [0.29, 0.717) is 24.4 Å². The largest absolute Gasteiger partial charge is 0.494 e. The molecule has 10 heteroatoms. The monoisotopic (exact) mass is 490 g/mol. The number of carbonyl (C=O) groups is 2. The van der Waals surface area contributed by atoms with Gasteiger partial charge in [-0.3, -0.25) is 14.2 Å². The van der Waals surface area contributed by atoms with E-state index in [1.165, 1.54) is 24.1 Å². The Balaban J connectivity index is 1.44. The molecule has 0 saturated carbocycles. The molecule has 2 aromatic heterocycles. The van der Waals surface area contributed by atoms with Crippen molar-refractivity contribution in [1.82, 2.24) is 19.3 Å². The summed E-state index contributed by atoms with van der Waals surface area (Å²) in [4.78, 5) is 33.7. The third-order valence-corrected chi connectivity index (χ3v) is 6.23. The topological polar surface area (TPSA) is 106 Å². The summed E-state index contributed by atoms with van der Waals surface area (Å²) in [6, 6.07) is 11.8. The van der Waals surface area contributed by atoms with Crippen LogP contribution in [0, 0.1) is 5.82 Å². The van der Waals surface area contributed by atoms with E-state index in [2.05, 4.69) is 4.98 Å². The molecule has 9 nitrogen and oxygen atoms in total. The molecule has 184 valence electrons. The minimum atomic E-state index is -1.45. The van der Waals surface area contributed by atoms with Gasteiger partial charge in [0.2, 0.25) is 5.82 Å². The van der Waals surface area contributed by atoms with E-state index in [-0.39, 0.29) is 24.0 Å². The lowest BCUT2D eigenvalue weighted by Crippen LogP contribution is -2.42. The second-order valence-electron chi connectivity index (χ2n) is 8.44. The van der Waals surface area contributed by atoms with Gasteiger partial charge in [-0.2, -0.15) is 4.39 Å². The van der Waals surface area contributed by atoms with E-state index in [9.17, 15) is 14.0 Å². The normalized spacial score (nSPS) is 15.6. The van der Waals surface area contributed by atoms with Gasteiger partial charge in [0.05, 0.1) is 24.5 Å². The Labute approximate surface area is 205 Å². The number of rotatable bonds is 5. The van der Waals surface area contributed by atoms with Crippen LogP contribution in [0.2, 0.25) is 0 Å². The number of carboxylic acid groups (broad SMARTS) is 1. The molecule has 0 radical (unpaired) electrons. The minimum absolute atomic E-state index is 0.0544. The molecule has 1 aliphatic heterocycles. The number of ether oxygens (including phenoxy) is 2. The van der Waals surface area contributed by atoms with Crippen LogP contribution in [0.5, 0.6) is 17.2 Å². The molecule has 3 heterocycles. The number of aliphatic carboxylic acids is 1. The van der Waals surface area contributed by atoms with Crippen LogP contribution in [0.1, 0.15) is 24.6 Å². The second kappa shape index (κ2) is 9.65. The van der Waals surface area contributed by atoms with Crippen molar-refractivity contribution in [1.29, 1.82) is 0 Å². The summed E-state index contributed by atoms with van der Waals surface area (Å²) in [7, 11) is 1.39. The number of hydrogen-bond acceptors (Lipinski definition) is 6. The zero-order valence-electron chi connectivity index (χ0n) is 19.4. The van der Waals surface area contributed by atoms with E-state index in [0.717, 1.165) is 23.3 Å². The summed E-state index contributed by atoms with van der Waals surface area (Å²) >= 11 is 0. The number of carbonyl (C=O) groups excluding carboxylic acids is 1. The Morgan fingerprint density at radius 1 is 1.14 bits per heavy atom. The smallest absolute Gasteiger partial charge is 0.394 e. The van der Waals surface area contributed by atoms with E-state index >= 15 is 0 Å². The lowest BCUT2D eigenvalue weighted by Gasteiger charge is -2.31. The minimum Gasteiger partial charge on any atom is -0.494 e.